The molecule has 0 fully saturated rings. The SMILES string of the molecule is CNC(C)c1ccc(NC(=O)c2coc(C)c2)cc1. The molecule has 1 heterocycles. The van der Waals surface area contributed by atoms with Crippen LogP contribution in [0.4, 0.5) is 5.69 Å². The summed E-state index contributed by atoms with van der Waals surface area (Å²) in [5, 5.41) is 6.01. The standard InChI is InChI=1S/C15H18N2O2/c1-10-8-13(9-19-10)15(18)17-14-6-4-12(5-7-14)11(2)16-3/h4-9,11,16H,1-3H3,(H,17,18). The van der Waals surface area contributed by atoms with Crippen molar-refractivity contribution in [3.05, 3.63) is 53.5 Å². The number of anilines is 1. The Bertz CT molecular complexity index is 558. The Balaban J connectivity index is 2.05. The minimum atomic E-state index is -0.161. The van der Waals surface area contributed by atoms with E-state index in [-0.39, 0.29) is 5.91 Å². The highest BCUT2D eigenvalue weighted by Gasteiger charge is 2.09. The number of furan rings is 1. The molecule has 1 aromatic carbocycles. The van der Waals surface area contributed by atoms with Crippen molar-refractivity contribution < 1.29 is 9.21 Å². The molecule has 19 heavy (non-hydrogen) atoms. The van der Waals surface area contributed by atoms with E-state index in [0.717, 1.165) is 11.4 Å². The molecule has 100 valence electrons. The summed E-state index contributed by atoms with van der Waals surface area (Å²) in [5.41, 5.74) is 2.49. The topological polar surface area (TPSA) is 54.3 Å². The van der Waals surface area contributed by atoms with E-state index in [2.05, 4.69) is 17.6 Å². The molecule has 0 radical (unpaired) electrons. The van der Waals surface area contributed by atoms with Gasteiger partial charge in [0.15, 0.2) is 0 Å². The average Bonchev–Trinajstić information content (AvgIpc) is 2.85. The van der Waals surface area contributed by atoms with Gasteiger partial charge in [0.2, 0.25) is 0 Å². The highest BCUT2D eigenvalue weighted by Crippen LogP contribution is 2.16. The maximum atomic E-state index is 11.9. The minimum absolute atomic E-state index is 0.161. The molecule has 0 aliphatic rings. The molecular formula is C15H18N2O2. The molecule has 1 amide bonds. The normalized spacial score (nSPS) is 12.2. The van der Waals surface area contributed by atoms with Crippen LogP contribution in [0.15, 0.2) is 41.0 Å². The zero-order valence-electron chi connectivity index (χ0n) is 11.4. The molecule has 0 aliphatic carbocycles. The molecular weight excluding hydrogens is 240 g/mol. The molecule has 2 N–H and O–H groups in total. The van der Waals surface area contributed by atoms with Crippen LogP contribution in [0, 0.1) is 6.92 Å². The van der Waals surface area contributed by atoms with Gasteiger partial charge in [0.1, 0.15) is 12.0 Å². The quantitative estimate of drug-likeness (QED) is 0.886. The van der Waals surface area contributed by atoms with Gasteiger partial charge >= 0.3 is 0 Å². The van der Waals surface area contributed by atoms with Crippen LogP contribution in [0.2, 0.25) is 0 Å². The van der Waals surface area contributed by atoms with Gasteiger partial charge in [0, 0.05) is 11.7 Å². The van der Waals surface area contributed by atoms with E-state index in [1.807, 2.05) is 38.2 Å². The third kappa shape index (κ3) is 3.23. The van der Waals surface area contributed by atoms with Gasteiger partial charge in [-0.15, -0.1) is 0 Å². The summed E-state index contributed by atoms with van der Waals surface area (Å²) < 4.78 is 5.12. The van der Waals surface area contributed by atoms with E-state index in [1.165, 1.54) is 11.8 Å². The second kappa shape index (κ2) is 5.71. The van der Waals surface area contributed by atoms with Gasteiger partial charge in [0.25, 0.3) is 5.91 Å². The molecule has 1 atom stereocenters. The van der Waals surface area contributed by atoms with Crippen molar-refractivity contribution in [2.45, 2.75) is 19.9 Å². The van der Waals surface area contributed by atoms with Crippen molar-refractivity contribution in [3.8, 4) is 0 Å². The van der Waals surface area contributed by atoms with Gasteiger partial charge in [-0.1, -0.05) is 12.1 Å². The third-order valence-corrected chi connectivity index (χ3v) is 3.09. The summed E-state index contributed by atoms with van der Waals surface area (Å²) in [6.45, 7) is 3.90. The molecule has 2 rings (SSSR count). The molecule has 2 aromatic rings. The number of nitrogens with one attached hydrogen (secondary N) is 2. The predicted octanol–water partition coefficient (Wildman–Crippen LogP) is 3.12. The Labute approximate surface area is 112 Å². The minimum Gasteiger partial charge on any atom is -0.469 e. The first-order chi connectivity index (χ1) is 9.10. The van der Waals surface area contributed by atoms with Crippen molar-refractivity contribution >= 4 is 11.6 Å². The molecule has 0 aliphatic heterocycles. The highest BCUT2D eigenvalue weighted by molar-refractivity contribution is 6.04. The van der Waals surface area contributed by atoms with Crippen molar-refractivity contribution in [2.24, 2.45) is 0 Å². The van der Waals surface area contributed by atoms with E-state index < -0.39 is 0 Å². The summed E-state index contributed by atoms with van der Waals surface area (Å²) >= 11 is 0. The largest absolute Gasteiger partial charge is 0.469 e. The number of amides is 1. The first kappa shape index (κ1) is 13.4. The monoisotopic (exact) mass is 258 g/mol. The number of hydrogen-bond acceptors (Lipinski definition) is 3. The maximum absolute atomic E-state index is 11.9. The molecule has 0 saturated carbocycles. The van der Waals surface area contributed by atoms with Crippen LogP contribution in [0.5, 0.6) is 0 Å². The lowest BCUT2D eigenvalue weighted by molar-refractivity contribution is 0.102. The highest BCUT2D eigenvalue weighted by atomic mass is 16.3. The van der Waals surface area contributed by atoms with Crippen LogP contribution in [0.3, 0.4) is 0 Å². The number of aryl methyl sites for hydroxylation is 1. The molecule has 1 unspecified atom stereocenters. The fraction of sp³-hybridized carbons (Fsp3) is 0.267. The van der Waals surface area contributed by atoms with E-state index in [1.54, 1.807) is 6.07 Å². The molecule has 1 aromatic heterocycles. The van der Waals surface area contributed by atoms with E-state index in [4.69, 9.17) is 4.42 Å². The number of carbonyl (C=O) groups excluding carboxylic acids is 1. The molecule has 4 heteroatoms. The van der Waals surface area contributed by atoms with Crippen molar-refractivity contribution in [2.75, 3.05) is 12.4 Å². The Hall–Kier alpha value is -2.07. The van der Waals surface area contributed by atoms with Crippen LogP contribution >= 0.6 is 0 Å². The van der Waals surface area contributed by atoms with Gasteiger partial charge in [0.05, 0.1) is 5.56 Å². The smallest absolute Gasteiger partial charge is 0.258 e. The van der Waals surface area contributed by atoms with E-state index in [9.17, 15) is 4.79 Å². The summed E-state index contributed by atoms with van der Waals surface area (Å²) in [7, 11) is 1.92. The van der Waals surface area contributed by atoms with Gasteiger partial charge in [-0.05, 0) is 44.7 Å². The fourth-order valence-electron chi connectivity index (χ4n) is 1.79. The van der Waals surface area contributed by atoms with Crippen LogP contribution < -0.4 is 10.6 Å². The van der Waals surface area contributed by atoms with Gasteiger partial charge < -0.3 is 15.1 Å². The first-order valence-corrected chi connectivity index (χ1v) is 6.24. The fourth-order valence-corrected chi connectivity index (χ4v) is 1.79. The number of carbonyl (C=O) groups is 1. The Morgan fingerprint density at radius 3 is 2.47 bits per heavy atom. The van der Waals surface area contributed by atoms with E-state index >= 15 is 0 Å². The van der Waals surface area contributed by atoms with Gasteiger partial charge in [-0.25, -0.2) is 0 Å². The van der Waals surface area contributed by atoms with Crippen LogP contribution in [-0.2, 0) is 0 Å². The Morgan fingerprint density at radius 2 is 1.95 bits per heavy atom. The van der Waals surface area contributed by atoms with Crippen molar-refractivity contribution in [1.29, 1.82) is 0 Å². The van der Waals surface area contributed by atoms with Gasteiger partial charge in [-0.2, -0.15) is 0 Å². The lowest BCUT2D eigenvalue weighted by Gasteiger charge is -2.11. The second-order valence-electron chi connectivity index (χ2n) is 4.53. The van der Waals surface area contributed by atoms with Crippen molar-refractivity contribution in [1.82, 2.24) is 5.32 Å². The zero-order chi connectivity index (χ0) is 13.8. The van der Waals surface area contributed by atoms with Crippen LogP contribution in [-0.4, -0.2) is 13.0 Å². The lowest BCUT2D eigenvalue weighted by Crippen LogP contribution is -2.13. The molecule has 0 spiro atoms. The molecule has 0 saturated heterocycles. The number of rotatable bonds is 4. The lowest BCUT2D eigenvalue weighted by atomic mass is 10.1. The molecule has 4 nitrogen and oxygen atoms in total. The number of hydrogen-bond donors (Lipinski definition) is 2. The molecule has 0 bridgehead atoms. The summed E-state index contributed by atoms with van der Waals surface area (Å²) in [4.78, 5) is 11.9. The average molecular weight is 258 g/mol. The first-order valence-electron chi connectivity index (χ1n) is 6.24. The zero-order valence-corrected chi connectivity index (χ0v) is 11.4. The van der Waals surface area contributed by atoms with Crippen LogP contribution in [0.25, 0.3) is 0 Å². The maximum Gasteiger partial charge on any atom is 0.258 e. The Kier molecular flexibility index (Phi) is 4.02. The van der Waals surface area contributed by atoms with Crippen LogP contribution in [0.1, 0.15) is 34.6 Å². The summed E-state index contributed by atoms with van der Waals surface area (Å²) in [5.74, 6) is 0.564. The Morgan fingerprint density at radius 1 is 1.26 bits per heavy atom. The number of benzene rings is 1. The van der Waals surface area contributed by atoms with Gasteiger partial charge in [-0.3, -0.25) is 4.79 Å². The predicted molar refractivity (Wildman–Crippen MR) is 75.3 cm³/mol. The summed E-state index contributed by atoms with van der Waals surface area (Å²) in [6, 6.07) is 9.80. The van der Waals surface area contributed by atoms with Crippen molar-refractivity contribution in [3.63, 3.8) is 0 Å². The second-order valence-corrected chi connectivity index (χ2v) is 4.53. The summed E-state index contributed by atoms with van der Waals surface area (Å²) in [6.07, 6.45) is 1.46. The third-order valence-electron chi connectivity index (χ3n) is 3.09. The van der Waals surface area contributed by atoms with E-state index in [0.29, 0.717) is 11.6 Å².